The molecule has 8 heteroatoms. The van der Waals surface area contributed by atoms with Gasteiger partial charge in [0.25, 0.3) is 0 Å². The van der Waals surface area contributed by atoms with Gasteiger partial charge in [0.2, 0.25) is 5.91 Å². The molecule has 0 atom stereocenters. The number of nitrogens with zero attached hydrogens (tertiary/aromatic N) is 4. The lowest BCUT2D eigenvalue weighted by Crippen LogP contribution is -2.55. The van der Waals surface area contributed by atoms with Crippen molar-refractivity contribution in [1.29, 1.82) is 0 Å². The Morgan fingerprint density at radius 1 is 1.27 bits per heavy atom. The fourth-order valence-corrected chi connectivity index (χ4v) is 3.62. The van der Waals surface area contributed by atoms with Crippen LogP contribution in [0.4, 0.5) is 0 Å². The van der Waals surface area contributed by atoms with E-state index in [4.69, 9.17) is 4.74 Å². The number of benzene rings is 1. The highest BCUT2D eigenvalue weighted by molar-refractivity contribution is 7.99. The number of aromatic nitrogens is 3. The first-order chi connectivity index (χ1) is 12.6. The first-order valence-corrected chi connectivity index (χ1v) is 9.72. The van der Waals surface area contributed by atoms with Crippen molar-refractivity contribution in [3.05, 3.63) is 36.7 Å². The van der Waals surface area contributed by atoms with Gasteiger partial charge in [0.1, 0.15) is 6.33 Å². The zero-order chi connectivity index (χ0) is 18.4. The van der Waals surface area contributed by atoms with E-state index >= 15 is 0 Å². The highest BCUT2D eigenvalue weighted by Gasteiger charge is 2.28. The van der Waals surface area contributed by atoms with Gasteiger partial charge in [0.05, 0.1) is 19.0 Å². The van der Waals surface area contributed by atoms with Crippen molar-refractivity contribution in [2.24, 2.45) is 0 Å². The number of carbonyl (C=O) groups is 1. The molecule has 26 heavy (non-hydrogen) atoms. The molecule has 1 fully saturated rings. The molecule has 1 amide bonds. The first kappa shape index (κ1) is 18.9. The maximum absolute atomic E-state index is 12.3. The van der Waals surface area contributed by atoms with Crippen molar-refractivity contribution in [3.8, 4) is 5.69 Å². The molecule has 2 aromatic rings. The van der Waals surface area contributed by atoms with E-state index in [-0.39, 0.29) is 11.4 Å². The van der Waals surface area contributed by atoms with Crippen molar-refractivity contribution in [3.63, 3.8) is 0 Å². The minimum atomic E-state index is -0.0891. The SMILES string of the molecule is CC(C)(CNC(=O)CSc1nncn1-c1ccccc1)N1CCOCC1. The van der Waals surface area contributed by atoms with Crippen LogP contribution in [-0.4, -0.2) is 69.7 Å². The predicted molar refractivity (Wildman–Crippen MR) is 102 cm³/mol. The molecule has 1 N–H and O–H groups in total. The molecular formula is C18H25N5O2S. The fraction of sp³-hybridized carbons (Fsp3) is 0.500. The number of nitrogens with one attached hydrogen (secondary N) is 1. The van der Waals surface area contributed by atoms with Gasteiger partial charge in [-0.05, 0) is 26.0 Å². The molecule has 1 aliphatic heterocycles. The van der Waals surface area contributed by atoms with E-state index in [0.717, 1.165) is 32.0 Å². The van der Waals surface area contributed by atoms with Gasteiger partial charge in [-0.25, -0.2) is 0 Å². The summed E-state index contributed by atoms with van der Waals surface area (Å²) < 4.78 is 7.29. The maximum atomic E-state index is 12.3. The Morgan fingerprint density at radius 2 is 2.00 bits per heavy atom. The van der Waals surface area contributed by atoms with E-state index in [1.165, 1.54) is 11.8 Å². The zero-order valence-corrected chi connectivity index (χ0v) is 16.0. The van der Waals surface area contributed by atoms with Crippen LogP contribution in [-0.2, 0) is 9.53 Å². The van der Waals surface area contributed by atoms with Crippen LogP contribution in [0.5, 0.6) is 0 Å². The topological polar surface area (TPSA) is 72.3 Å². The van der Waals surface area contributed by atoms with E-state index in [0.29, 0.717) is 17.5 Å². The van der Waals surface area contributed by atoms with E-state index < -0.39 is 0 Å². The Bertz CT molecular complexity index is 713. The molecule has 0 radical (unpaired) electrons. The summed E-state index contributed by atoms with van der Waals surface area (Å²) in [5.41, 5.74) is 0.891. The second kappa shape index (κ2) is 8.66. The van der Waals surface area contributed by atoms with Gasteiger partial charge < -0.3 is 10.1 Å². The smallest absolute Gasteiger partial charge is 0.230 e. The monoisotopic (exact) mass is 375 g/mol. The molecule has 2 heterocycles. The van der Waals surface area contributed by atoms with Crippen LogP contribution in [0.1, 0.15) is 13.8 Å². The number of amides is 1. The van der Waals surface area contributed by atoms with E-state index in [1.54, 1.807) is 6.33 Å². The van der Waals surface area contributed by atoms with Crippen LogP contribution in [0.25, 0.3) is 5.69 Å². The Morgan fingerprint density at radius 3 is 2.73 bits per heavy atom. The average molecular weight is 375 g/mol. The van der Waals surface area contributed by atoms with Gasteiger partial charge in [-0.3, -0.25) is 14.3 Å². The van der Waals surface area contributed by atoms with Crippen molar-refractivity contribution < 1.29 is 9.53 Å². The highest BCUT2D eigenvalue weighted by atomic mass is 32.2. The fourth-order valence-electron chi connectivity index (χ4n) is 2.87. The molecule has 1 aliphatic rings. The molecule has 1 saturated heterocycles. The van der Waals surface area contributed by atoms with Gasteiger partial charge in [-0.15, -0.1) is 10.2 Å². The summed E-state index contributed by atoms with van der Waals surface area (Å²) in [6, 6.07) is 9.86. The van der Waals surface area contributed by atoms with Crippen molar-refractivity contribution in [2.75, 3.05) is 38.6 Å². The lowest BCUT2D eigenvalue weighted by atomic mass is 10.0. The summed E-state index contributed by atoms with van der Waals surface area (Å²) in [6.45, 7) is 8.22. The van der Waals surface area contributed by atoms with Crippen molar-refractivity contribution in [2.45, 2.75) is 24.5 Å². The van der Waals surface area contributed by atoms with Gasteiger partial charge in [0, 0.05) is 30.9 Å². The van der Waals surface area contributed by atoms with Crippen molar-refractivity contribution >= 4 is 17.7 Å². The normalized spacial score (nSPS) is 15.8. The molecule has 3 rings (SSSR count). The molecule has 140 valence electrons. The average Bonchev–Trinajstić information content (AvgIpc) is 3.15. The largest absolute Gasteiger partial charge is 0.379 e. The van der Waals surface area contributed by atoms with Crippen LogP contribution >= 0.6 is 11.8 Å². The Balaban J connectivity index is 1.50. The van der Waals surface area contributed by atoms with E-state index in [1.807, 2.05) is 34.9 Å². The Labute approximate surface area is 158 Å². The number of rotatable bonds is 7. The van der Waals surface area contributed by atoms with Gasteiger partial charge in [-0.1, -0.05) is 30.0 Å². The number of para-hydroxylation sites is 1. The van der Waals surface area contributed by atoms with Gasteiger partial charge >= 0.3 is 0 Å². The molecule has 0 spiro atoms. The van der Waals surface area contributed by atoms with E-state index in [9.17, 15) is 4.79 Å². The van der Waals surface area contributed by atoms with Crippen molar-refractivity contribution in [1.82, 2.24) is 25.0 Å². The molecule has 1 aromatic heterocycles. The third-order valence-corrected chi connectivity index (χ3v) is 5.41. The molecule has 7 nitrogen and oxygen atoms in total. The van der Waals surface area contributed by atoms with Crippen LogP contribution < -0.4 is 5.32 Å². The summed E-state index contributed by atoms with van der Waals surface area (Å²) in [5, 5.41) is 11.8. The quantitative estimate of drug-likeness (QED) is 0.741. The second-order valence-electron chi connectivity index (χ2n) is 6.80. The third-order valence-electron chi connectivity index (χ3n) is 4.47. The molecular weight excluding hydrogens is 350 g/mol. The lowest BCUT2D eigenvalue weighted by molar-refractivity contribution is -0.119. The Kier molecular flexibility index (Phi) is 6.29. The number of hydrogen-bond donors (Lipinski definition) is 1. The molecule has 0 unspecified atom stereocenters. The molecule has 0 aliphatic carbocycles. The number of thioether (sulfide) groups is 1. The van der Waals surface area contributed by atoms with Crippen LogP contribution in [0, 0.1) is 0 Å². The summed E-state index contributed by atoms with van der Waals surface area (Å²) >= 11 is 1.39. The summed E-state index contributed by atoms with van der Waals surface area (Å²) in [6.07, 6.45) is 1.66. The number of morpholine rings is 1. The highest BCUT2D eigenvalue weighted by Crippen LogP contribution is 2.19. The van der Waals surface area contributed by atoms with Gasteiger partial charge in [-0.2, -0.15) is 0 Å². The number of ether oxygens (including phenoxy) is 1. The molecule has 0 bridgehead atoms. The van der Waals surface area contributed by atoms with E-state index in [2.05, 4.69) is 34.3 Å². The standard InChI is InChI=1S/C18H25N5O2S/c1-18(2,22-8-10-25-11-9-22)13-19-16(24)12-26-17-21-20-14-23(17)15-6-4-3-5-7-15/h3-7,14H,8-13H2,1-2H3,(H,19,24). The van der Waals surface area contributed by atoms with Crippen LogP contribution in [0.2, 0.25) is 0 Å². The third kappa shape index (κ3) is 4.84. The summed E-state index contributed by atoms with van der Waals surface area (Å²) in [5.74, 6) is 0.309. The predicted octanol–water partition coefficient (Wildman–Crippen LogP) is 1.59. The van der Waals surface area contributed by atoms with Crippen LogP contribution in [0.3, 0.4) is 0 Å². The van der Waals surface area contributed by atoms with Gasteiger partial charge in [0.15, 0.2) is 5.16 Å². The summed E-state index contributed by atoms with van der Waals surface area (Å²) in [4.78, 5) is 14.6. The second-order valence-corrected chi connectivity index (χ2v) is 7.74. The lowest BCUT2D eigenvalue weighted by Gasteiger charge is -2.40. The first-order valence-electron chi connectivity index (χ1n) is 8.74. The van der Waals surface area contributed by atoms with Crippen LogP contribution in [0.15, 0.2) is 41.8 Å². The number of carbonyl (C=O) groups excluding carboxylic acids is 1. The minimum Gasteiger partial charge on any atom is -0.379 e. The molecule has 0 saturated carbocycles. The minimum absolute atomic E-state index is 0.000976. The maximum Gasteiger partial charge on any atom is 0.230 e. The molecule has 1 aromatic carbocycles. The number of hydrogen-bond acceptors (Lipinski definition) is 6. The summed E-state index contributed by atoms with van der Waals surface area (Å²) in [7, 11) is 0. The Hall–Kier alpha value is -1.90. The zero-order valence-electron chi connectivity index (χ0n) is 15.2.